The number of hydrogen-bond acceptors (Lipinski definition) is 4. The average molecular weight is 453 g/mol. The van der Waals surface area contributed by atoms with Crippen molar-refractivity contribution in [3.05, 3.63) is 59.7 Å². The van der Waals surface area contributed by atoms with E-state index in [9.17, 15) is 14.4 Å². The summed E-state index contributed by atoms with van der Waals surface area (Å²) in [5, 5.41) is 8.78. The number of carbonyl (C=O) groups is 3. The zero-order valence-corrected chi connectivity index (χ0v) is 20.3. The Hall–Kier alpha value is -3.35. The predicted octanol–water partition coefficient (Wildman–Crippen LogP) is 4.53. The molecule has 0 fully saturated rings. The molecule has 0 spiro atoms. The second-order valence-corrected chi connectivity index (χ2v) is 9.05. The predicted molar refractivity (Wildman–Crippen MR) is 134 cm³/mol. The minimum Gasteiger partial charge on any atom is -0.376 e. The molecule has 0 bridgehead atoms. The molecule has 0 atom stereocenters. The molecule has 0 aromatic heterocycles. The van der Waals surface area contributed by atoms with Crippen LogP contribution in [-0.2, 0) is 4.79 Å². The van der Waals surface area contributed by atoms with Crippen molar-refractivity contribution in [1.29, 1.82) is 0 Å². The summed E-state index contributed by atoms with van der Waals surface area (Å²) in [5.74, 6) is -0.332. The Labute approximate surface area is 196 Å². The number of amides is 3. The molecule has 3 amide bonds. The second-order valence-electron chi connectivity index (χ2n) is 9.05. The Balaban J connectivity index is 1.87. The molecule has 0 radical (unpaired) electrons. The van der Waals surface area contributed by atoms with E-state index in [-0.39, 0.29) is 29.8 Å². The minimum atomic E-state index is -0.304. The Kier molecular flexibility index (Phi) is 9.45. The molecule has 33 heavy (non-hydrogen) atoms. The zero-order chi connectivity index (χ0) is 24.4. The lowest BCUT2D eigenvalue weighted by Gasteiger charge is -2.21. The van der Waals surface area contributed by atoms with Gasteiger partial charge in [-0.15, -0.1) is 0 Å². The van der Waals surface area contributed by atoms with Gasteiger partial charge in [-0.25, -0.2) is 0 Å². The summed E-state index contributed by atoms with van der Waals surface area (Å²) < 4.78 is 0. The maximum atomic E-state index is 12.7. The van der Waals surface area contributed by atoms with Gasteiger partial charge in [0.1, 0.15) is 0 Å². The molecule has 0 saturated carbocycles. The van der Waals surface area contributed by atoms with Crippen molar-refractivity contribution in [2.24, 2.45) is 0 Å². The molecule has 2 aromatic rings. The van der Waals surface area contributed by atoms with Crippen molar-refractivity contribution in [1.82, 2.24) is 10.2 Å². The Morgan fingerprint density at radius 3 is 1.82 bits per heavy atom. The third-order valence-corrected chi connectivity index (χ3v) is 4.78. The highest BCUT2D eigenvalue weighted by atomic mass is 16.2. The summed E-state index contributed by atoms with van der Waals surface area (Å²) in [5.41, 5.74) is 2.24. The van der Waals surface area contributed by atoms with Crippen molar-refractivity contribution in [3.8, 4) is 0 Å². The van der Waals surface area contributed by atoms with Crippen LogP contribution in [0.25, 0.3) is 0 Å². The van der Waals surface area contributed by atoms with Crippen LogP contribution in [0.3, 0.4) is 0 Å². The molecule has 2 rings (SSSR count). The van der Waals surface area contributed by atoms with Gasteiger partial charge in [-0.3, -0.25) is 14.4 Å². The van der Waals surface area contributed by atoms with Gasteiger partial charge in [-0.2, -0.15) is 0 Å². The van der Waals surface area contributed by atoms with Gasteiger partial charge < -0.3 is 20.9 Å². The quantitative estimate of drug-likeness (QED) is 0.494. The van der Waals surface area contributed by atoms with Crippen LogP contribution in [-0.4, -0.2) is 47.8 Å². The molecule has 3 N–H and O–H groups in total. The molecule has 0 unspecified atom stereocenters. The first-order valence-electron chi connectivity index (χ1n) is 11.5. The fourth-order valence-electron chi connectivity index (χ4n) is 3.27. The first-order chi connectivity index (χ1) is 15.6. The number of nitrogens with one attached hydrogen (secondary N) is 3. The van der Waals surface area contributed by atoms with Gasteiger partial charge in [0.25, 0.3) is 11.8 Å². The largest absolute Gasteiger partial charge is 0.376 e. The number of rotatable bonds is 10. The van der Waals surface area contributed by atoms with E-state index in [1.54, 1.807) is 48.5 Å². The van der Waals surface area contributed by atoms with Crippen LogP contribution in [0.1, 0.15) is 68.2 Å². The Morgan fingerprint density at radius 2 is 1.30 bits per heavy atom. The zero-order valence-electron chi connectivity index (χ0n) is 20.3. The van der Waals surface area contributed by atoms with Crippen molar-refractivity contribution in [2.45, 2.75) is 53.0 Å². The lowest BCUT2D eigenvalue weighted by Crippen LogP contribution is -2.40. The number of carbonyl (C=O) groups excluding carboxylic acids is 3. The minimum absolute atomic E-state index is 0.0119. The van der Waals surface area contributed by atoms with Crippen LogP contribution in [0, 0.1) is 0 Å². The summed E-state index contributed by atoms with van der Waals surface area (Å²) in [6, 6.07) is 13.9. The monoisotopic (exact) mass is 452 g/mol. The Morgan fingerprint density at radius 1 is 0.788 bits per heavy atom. The molecule has 0 aliphatic carbocycles. The van der Waals surface area contributed by atoms with E-state index in [0.717, 1.165) is 31.6 Å². The number of anilines is 2. The van der Waals surface area contributed by atoms with Crippen molar-refractivity contribution < 1.29 is 14.4 Å². The van der Waals surface area contributed by atoms with Crippen molar-refractivity contribution in [2.75, 3.05) is 30.3 Å². The first-order valence-corrected chi connectivity index (χ1v) is 11.5. The summed E-state index contributed by atoms with van der Waals surface area (Å²) in [7, 11) is 0. The summed E-state index contributed by atoms with van der Waals surface area (Å²) in [6.07, 6.45) is 1.83. The van der Waals surface area contributed by atoms with Crippen LogP contribution in [0.2, 0.25) is 0 Å². The van der Waals surface area contributed by atoms with E-state index in [0.29, 0.717) is 16.8 Å². The second kappa shape index (κ2) is 12.0. The first kappa shape index (κ1) is 25.9. The van der Waals surface area contributed by atoms with Gasteiger partial charge in [0, 0.05) is 41.1 Å². The molecule has 2 aromatic carbocycles. The van der Waals surface area contributed by atoms with Crippen molar-refractivity contribution >= 4 is 29.1 Å². The fourth-order valence-corrected chi connectivity index (χ4v) is 3.27. The van der Waals surface area contributed by atoms with Gasteiger partial charge in [0.2, 0.25) is 5.91 Å². The van der Waals surface area contributed by atoms with Gasteiger partial charge in [0.15, 0.2) is 0 Å². The van der Waals surface area contributed by atoms with E-state index in [4.69, 9.17) is 0 Å². The highest BCUT2D eigenvalue weighted by molar-refractivity contribution is 5.97. The van der Waals surface area contributed by atoms with E-state index in [1.165, 1.54) is 0 Å². The van der Waals surface area contributed by atoms with Gasteiger partial charge >= 0.3 is 0 Å². The maximum Gasteiger partial charge on any atom is 0.253 e. The third kappa shape index (κ3) is 8.60. The molecular weight excluding hydrogens is 416 g/mol. The standard InChI is InChI=1S/C26H36N4O3/c1-6-16-30(17-7-2)25(33)20-10-14-22(15-11-20)28-23(31)18-27-21-12-8-19(9-13-21)24(32)29-26(3,4)5/h8-15,27H,6-7,16-18H2,1-5H3,(H,28,31)(H,29,32). The summed E-state index contributed by atoms with van der Waals surface area (Å²) in [6.45, 7) is 11.4. The van der Waals surface area contributed by atoms with Crippen LogP contribution < -0.4 is 16.0 Å². The lowest BCUT2D eigenvalue weighted by atomic mass is 10.1. The summed E-state index contributed by atoms with van der Waals surface area (Å²) >= 11 is 0. The molecule has 7 heteroatoms. The van der Waals surface area contributed by atoms with Gasteiger partial charge in [-0.05, 0) is 82.1 Å². The van der Waals surface area contributed by atoms with Gasteiger partial charge in [-0.1, -0.05) is 13.8 Å². The van der Waals surface area contributed by atoms with E-state index < -0.39 is 0 Å². The lowest BCUT2D eigenvalue weighted by molar-refractivity contribution is -0.114. The highest BCUT2D eigenvalue weighted by Crippen LogP contribution is 2.14. The Bertz CT molecular complexity index is 926. The van der Waals surface area contributed by atoms with Gasteiger partial charge in [0.05, 0.1) is 6.54 Å². The SMILES string of the molecule is CCCN(CCC)C(=O)c1ccc(NC(=O)CNc2ccc(C(=O)NC(C)(C)C)cc2)cc1. The number of benzene rings is 2. The normalized spacial score (nSPS) is 10.9. The van der Waals surface area contributed by atoms with Crippen LogP contribution in [0.15, 0.2) is 48.5 Å². The van der Waals surface area contributed by atoms with Crippen LogP contribution in [0.4, 0.5) is 11.4 Å². The molecule has 178 valence electrons. The van der Waals surface area contributed by atoms with E-state index in [1.807, 2.05) is 25.7 Å². The molecule has 0 aliphatic rings. The van der Waals surface area contributed by atoms with E-state index >= 15 is 0 Å². The number of hydrogen-bond donors (Lipinski definition) is 3. The van der Waals surface area contributed by atoms with Crippen LogP contribution >= 0.6 is 0 Å². The summed E-state index contributed by atoms with van der Waals surface area (Å²) in [4.78, 5) is 39.0. The molecule has 0 aliphatic heterocycles. The smallest absolute Gasteiger partial charge is 0.253 e. The maximum absolute atomic E-state index is 12.7. The third-order valence-electron chi connectivity index (χ3n) is 4.78. The topological polar surface area (TPSA) is 90.5 Å². The number of nitrogens with zero attached hydrogens (tertiary/aromatic N) is 1. The fraction of sp³-hybridized carbons (Fsp3) is 0.423. The molecular formula is C26H36N4O3. The molecule has 0 heterocycles. The highest BCUT2D eigenvalue weighted by Gasteiger charge is 2.16. The average Bonchev–Trinajstić information content (AvgIpc) is 2.77. The molecule has 0 saturated heterocycles. The van der Waals surface area contributed by atoms with Crippen LogP contribution in [0.5, 0.6) is 0 Å². The molecule has 7 nitrogen and oxygen atoms in total. The van der Waals surface area contributed by atoms with Crippen molar-refractivity contribution in [3.63, 3.8) is 0 Å². The van der Waals surface area contributed by atoms with E-state index in [2.05, 4.69) is 29.8 Å².